The second kappa shape index (κ2) is 10.6. The van der Waals surface area contributed by atoms with E-state index < -0.39 is 16.2 Å². The molecule has 4 rings (SSSR count). The van der Waals surface area contributed by atoms with Crippen LogP contribution in [0.25, 0.3) is 0 Å². The first-order valence-corrected chi connectivity index (χ1v) is 13.2. The maximum atomic E-state index is 11.5. The summed E-state index contributed by atoms with van der Waals surface area (Å²) < 4.78 is 23.3. The van der Waals surface area contributed by atoms with Crippen molar-refractivity contribution in [2.45, 2.75) is 0 Å². The molecule has 0 amide bonds. The normalized spacial score (nSPS) is 11.5. The Morgan fingerprint density at radius 2 is 0.606 bits per heavy atom. The molecule has 168 valence electrons. The van der Waals surface area contributed by atoms with Gasteiger partial charge in [0.25, 0.3) is 0 Å². The van der Waals surface area contributed by atoms with Crippen molar-refractivity contribution >= 4 is 16.2 Å². The summed E-state index contributed by atoms with van der Waals surface area (Å²) in [7, 11) is -8.02. The van der Waals surface area contributed by atoms with E-state index in [1.54, 1.807) is 97.1 Å². The molecule has 0 bridgehead atoms. The van der Waals surface area contributed by atoms with Gasteiger partial charge in [-0.05, 0) is 48.5 Å². The summed E-state index contributed by atoms with van der Waals surface area (Å²) >= 11 is 0. The fourth-order valence-corrected chi connectivity index (χ4v) is 6.41. The van der Waals surface area contributed by atoms with Crippen LogP contribution >= 0.6 is 16.2 Å². The summed E-state index contributed by atoms with van der Waals surface area (Å²) in [5.74, 6) is 1.34. The fourth-order valence-electron chi connectivity index (χ4n) is 2.78. The Kier molecular flexibility index (Phi) is 7.40. The minimum Gasteiger partial charge on any atom is -0.261 e. The molecule has 0 aliphatic heterocycles. The predicted molar refractivity (Wildman–Crippen MR) is 130 cm³/mol. The van der Waals surface area contributed by atoms with Crippen molar-refractivity contribution in [3.8, 4) is 23.0 Å². The van der Waals surface area contributed by atoms with Crippen LogP contribution < -0.4 is 23.0 Å². The lowest BCUT2D eigenvalue weighted by Crippen LogP contribution is -2.30. The molecule has 0 unspecified atom stereocenters. The van der Waals surface area contributed by atoms with Gasteiger partial charge in [-0.2, -0.15) is 9.79 Å². The van der Waals surface area contributed by atoms with Crippen molar-refractivity contribution in [3.05, 3.63) is 121 Å². The summed E-state index contributed by atoms with van der Waals surface area (Å²) in [5.41, 5.74) is 0. The SMILES string of the molecule is O[P+](N[P+](O)(Oc1ccccc1)Oc1ccccc1)(Oc1ccccc1)Oc1ccccc1. The lowest BCUT2D eigenvalue weighted by molar-refractivity contribution is 0.308. The largest absolute Gasteiger partial charge is 0.631 e. The number of benzene rings is 4. The first kappa shape index (κ1) is 23.0. The van der Waals surface area contributed by atoms with Gasteiger partial charge in [0.1, 0.15) is 4.86 Å². The topological polar surface area (TPSA) is 89.4 Å². The molecular formula is C24H23NO6P2+2. The van der Waals surface area contributed by atoms with Crippen molar-refractivity contribution in [1.29, 1.82) is 0 Å². The summed E-state index contributed by atoms with van der Waals surface area (Å²) in [6.07, 6.45) is 0. The molecule has 7 nitrogen and oxygen atoms in total. The smallest absolute Gasteiger partial charge is 0.261 e. The zero-order chi connectivity index (χ0) is 23.0. The van der Waals surface area contributed by atoms with Crippen LogP contribution in [0.3, 0.4) is 0 Å². The van der Waals surface area contributed by atoms with Gasteiger partial charge in [0.15, 0.2) is 23.0 Å². The highest BCUT2D eigenvalue weighted by molar-refractivity contribution is 7.75. The lowest BCUT2D eigenvalue weighted by atomic mass is 10.3. The molecule has 0 saturated carbocycles. The zero-order valence-electron chi connectivity index (χ0n) is 17.5. The molecule has 4 aromatic carbocycles. The van der Waals surface area contributed by atoms with Gasteiger partial charge in [0, 0.05) is 0 Å². The Labute approximate surface area is 193 Å². The lowest BCUT2D eigenvalue weighted by Gasteiger charge is -2.21. The van der Waals surface area contributed by atoms with Crippen molar-refractivity contribution in [3.63, 3.8) is 0 Å². The maximum Gasteiger partial charge on any atom is 0.631 e. The molecule has 9 heteroatoms. The molecule has 0 saturated heterocycles. The van der Waals surface area contributed by atoms with Crippen LogP contribution in [-0.2, 0) is 0 Å². The monoisotopic (exact) mass is 483 g/mol. The van der Waals surface area contributed by atoms with E-state index in [4.69, 9.17) is 18.1 Å². The highest BCUT2D eigenvalue weighted by atomic mass is 31.3. The van der Waals surface area contributed by atoms with E-state index >= 15 is 0 Å². The van der Waals surface area contributed by atoms with E-state index in [-0.39, 0.29) is 0 Å². The Morgan fingerprint density at radius 3 is 0.818 bits per heavy atom. The highest BCUT2D eigenvalue weighted by Crippen LogP contribution is 2.65. The molecule has 0 atom stereocenters. The minimum absolute atomic E-state index is 0.336. The van der Waals surface area contributed by atoms with Gasteiger partial charge >= 0.3 is 16.2 Å². The van der Waals surface area contributed by atoms with Crippen LogP contribution in [-0.4, -0.2) is 9.79 Å². The van der Waals surface area contributed by atoms with Gasteiger partial charge in [-0.1, -0.05) is 72.8 Å². The van der Waals surface area contributed by atoms with Crippen LogP contribution in [0.4, 0.5) is 0 Å². The summed E-state index contributed by atoms with van der Waals surface area (Å²) in [6, 6.07) is 34.6. The van der Waals surface area contributed by atoms with Crippen LogP contribution in [0.1, 0.15) is 0 Å². The molecule has 0 aliphatic carbocycles. The first-order chi connectivity index (χ1) is 16.0. The van der Waals surface area contributed by atoms with E-state index in [1.807, 2.05) is 24.3 Å². The van der Waals surface area contributed by atoms with E-state index in [1.165, 1.54) is 0 Å². The molecule has 0 heterocycles. The molecule has 0 spiro atoms. The van der Waals surface area contributed by atoms with Crippen LogP contribution in [0.15, 0.2) is 121 Å². The maximum absolute atomic E-state index is 11.5. The molecule has 33 heavy (non-hydrogen) atoms. The number of rotatable bonds is 10. The Morgan fingerprint density at radius 1 is 0.394 bits per heavy atom. The van der Waals surface area contributed by atoms with Crippen molar-refractivity contribution in [2.75, 3.05) is 0 Å². The van der Waals surface area contributed by atoms with Crippen LogP contribution in [0, 0.1) is 0 Å². The van der Waals surface area contributed by atoms with Gasteiger partial charge < -0.3 is 0 Å². The van der Waals surface area contributed by atoms with Gasteiger partial charge in [-0.3, -0.25) is 18.1 Å². The van der Waals surface area contributed by atoms with Crippen molar-refractivity contribution in [2.24, 2.45) is 0 Å². The van der Waals surface area contributed by atoms with E-state index in [2.05, 4.69) is 4.86 Å². The summed E-state index contributed by atoms with van der Waals surface area (Å²) in [6.45, 7) is 0. The Bertz CT molecular complexity index is 947. The molecule has 0 aromatic heterocycles. The molecule has 0 radical (unpaired) electrons. The first-order valence-electron chi connectivity index (χ1n) is 10.0. The van der Waals surface area contributed by atoms with Gasteiger partial charge in [-0.15, -0.1) is 0 Å². The standard InChI is InChI=1S/C24H23NO6P2/c26-32(28-21-13-5-1-6-14-21,29-22-15-7-2-8-16-22)25-33(27,30-23-17-9-3-10-18-23)31-24-19-11-4-12-20-24/h1-20,25-27H/q+2. The Balaban J connectivity index is 1.67. The van der Waals surface area contributed by atoms with Gasteiger partial charge in [0.05, 0.1) is 0 Å². The average Bonchev–Trinajstić information content (AvgIpc) is 2.81. The third-order valence-corrected chi connectivity index (χ3v) is 8.00. The van der Waals surface area contributed by atoms with Crippen LogP contribution in [0.5, 0.6) is 23.0 Å². The molecule has 0 fully saturated rings. The molecule has 3 N–H and O–H groups in total. The number of hydrogen-bond acceptors (Lipinski definition) is 7. The minimum atomic E-state index is -4.01. The van der Waals surface area contributed by atoms with Gasteiger partial charge in [0.2, 0.25) is 0 Å². The number of para-hydroxylation sites is 4. The van der Waals surface area contributed by atoms with Gasteiger partial charge in [-0.25, -0.2) is 0 Å². The zero-order valence-corrected chi connectivity index (χ0v) is 19.3. The predicted octanol–water partition coefficient (Wildman–Crippen LogP) is 6.23. The van der Waals surface area contributed by atoms with E-state index in [0.29, 0.717) is 23.0 Å². The average molecular weight is 483 g/mol. The molecule has 4 aromatic rings. The van der Waals surface area contributed by atoms with E-state index in [0.717, 1.165) is 0 Å². The highest BCUT2D eigenvalue weighted by Gasteiger charge is 2.64. The van der Waals surface area contributed by atoms with Crippen molar-refractivity contribution < 1.29 is 27.9 Å². The molecular weight excluding hydrogens is 460 g/mol. The third-order valence-electron chi connectivity index (χ3n) is 4.14. The quantitative estimate of drug-likeness (QED) is 0.230. The number of hydrogen-bond donors (Lipinski definition) is 3. The third kappa shape index (κ3) is 6.90. The fraction of sp³-hybridized carbons (Fsp3) is 0. The van der Waals surface area contributed by atoms with E-state index in [9.17, 15) is 9.79 Å². The van der Waals surface area contributed by atoms with Crippen LogP contribution in [0.2, 0.25) is 0 Å². The summed E-state index contributed by atoms with van der Waals surface area (Å²) in [5, 5.41) is 0. The second-order valence-corrected chi connectivity index (χ2v) is 10.4. The van der Waals surface area contributed by atoms with Crippen molar-refractivity contribution in [1.82, 2.24) is 4.86 Å². The number of nitrogens with one attached hydrogen (secondary N) is 1. The second-order valence-electron chi connectivity index (χ2n) is 6.76. The summed E-state index contributed by atoms with van der Waals surface area (Å²) in [4.78, 5) is 25.6. The Hall–Kier alpha value is -3.18. The molecule has 0 aliphatic rings.